The lowest BCUT2D eigenvalue weighted by molar-refractivity contribution is -0.406. The first-order chi connectivity index (χ1) is 30.7. The van der Waals surface area contributed by atoms with E-state index in [1.54, 1.807) is 0 Å². The molecule has 0 aliphatic carbocycles. The van der Waals surface area contributed by atoms with E-state index in [0.29, 0.717) is 6.07 Å². The van der Waals surface area contributed by atoms with E-state index in [9.17, 15) is 26.3 Å². The van der Waals surface area contributed by atoms with Crippen molar-refractivity contribution in [1.29, 1.82) is 0 Å². The van der Waals surface area contributed by atoms with Crippen LogP contribution < -0.4 is 4.90 Å². The Morgan fingerprint density at radius 3 is 1.19 bits per heavy atom. The number of fused-ring (bicyclic) bond motifs is 2. The van der Waals surface area contributed by atoms with Crippen LogP contribution in [0.1, 0.15) is 11.1 Å². The van der Waals surface area contributed by atoms with Crippen molar-refractivity contribution >= 4 is 34.6 Å². The Balaban J connectivity index is 0.00000178. The minimum atomic E-state index is -8.30. The van der Waals surface area contributed by atoms with Gasteiger partial charge in [-0.1, -0.05) is 18.2 Å². The van der Waals surface area contributed by atoms with Crippen LogP contribution in [0.25, 0.3) is 32.7 Å². The molecule has 358 valence electrons. The molecule has 6 aromatic rings. The summed E-state index contributed by atoms with van der Waals surface area (Å²) in [6.45, 7) is 0. The van der Waals surface area contributed by atoms with Gasteiger partial charge in [-0.15, -0.1) is 0 Å². The molecule has 1 aliphatic rings. The fourth-order valence-electron chi connectivity index (χ4n) is 7.37. The molecule has 0 saturated carbocycles. The van der Waals surface area contributed by atoms with Crippen LogP contribution in [0, 0.1) is 98.9 Å². The van der Waals surface area contributed by atoms with Crippen LogP contribution in [0.2, 0.25) is 0 Å². The smallest absolute Gasteiger partial charge is 0.402 e. The number of alkyl halides is 8. The van der Waals surface area contributed by atoms with E-state index in [-0.39, 0.29) is 24.3 Å². The van der Waals surface area contributed by atoms with Crippen LogP contribution in [-0.4, -0.2) is 46.2 Å². The van der Waals surface area contributed by atoms with Gasteiger partial charge >= 0.3 is 31.1 Å². The monoisotopic (exact) mass is 1000 g/mol. The predicted octanol–water partition coefficient (Wildman–Crippen LogP) is 11.2. The van der Waals surface area contributed by atoms with Crippen LogP contribution in [0.4, 0.5) is 115 Å². The summed E-state index contributed by atoms with van der Waals surface area (Å²) in [7, 11) is -2.17. The second-order valence-corrected chi connectivity index (χ2v) is 13.5. The van der Waals surface area contributed by atoms with Crippen LogP contribution in [0.3, 0.4) is 0 Å². The Hall–Kier alpha value is -6.17. The lowest BCUT2D eigenvalue weighted by Crippen LogP contribution is -2.84. The highest BCUT2D eigenvalue weighted by molar-refractivity contribution is 6.30. The molecule has 1 saturated heterocycles. The molecule has 0 spiro atoms. The van der Waals surface area contributed by atoms with Crippen molar-refractivity contribution in [2.24, 2.45) is 0 Å². The van der Waals surface area contributed by atoms with Gasteiger partial charge in [0.2, 0.25) is 5.82 Å². The van der Waals surface area contributed by atoms with Crippen molar-refractivity contribution in [3.05, 3.63) is 146 Å². The molecule has 1 unspecified atom stereocenters. The summed E-state index contributed by atoms with van der Waals surface area (Å²) < 4.78 is 393. The van der Waals surface area contributed by atoms with Gasteiger partial charge in [-0.25, -0.2) is 74.6 Å². The SMILES string of the molecule is Fc1ccc(-c2ccccc2N2C(F)(F)C(F)(F)C(F)(F)C(F)(F)C2(c2c(F)c(F)c(F)c(F)c2F)c2c(F)c(F)c(F)c3c(F)c4c(F)c(F)c(F)c(F)c4c(F)c23)c(F)c1F.OB(O)O. The molecule has 0 bridgehead atoms. The molecule has 1 atom stereocenters. The maximum atomic E-state index is 17.3. The van der Waals surface area contributed by atoms with Gasteiger partial charge < -0.3 is 15.1 Å². The quantitative estimate of drug-likeness (QED) is 0.0411. The largest absolute Gasteiger partial charge is 0.631 e. The Kier molecular flexibility index (Phi) is 12.0. The second-order valence-electron chi connectivity index (χ2n) is 13.5. The van der Waals surface area contributed by atoms with Crippen LogP contribution in [0.15, 0.2) is 36.4 Å². The van der Waals surface area contributed by atoms with Crippen molar-refractivity contribution in [1.82, 2.24) is 0 Å². The fraction of sp³-hybridized carbons (Fsp3) is 0.135. The summed E-state index contributed by atoms with van der Waals surface area (Å²) in [6, 6.07) is -8.08. The number of piperidine rings is 1. The molecule has 3 N–H and O–H groups in total. The van der Waals surface area contributed by atoms with Gasteiger partial charge in [0, 0.05) is 22.1 Å². The van der Waals surface area contributed by atoms with Crippen molar-refractivity contribution in [3.63, 3.8) is 0 Å². The predicted molar refractivity (Wildman–Crippen MR) is 175 cm³/mol. The van der Waals surface area contributed by atoms with Gasteiger partial charge in [0.25, 0.3) is 0 Å². The molecule has 67 heavy (non-hydrogen) atoms. The van der Waals surface area contributed by atoms with Crippen molar-refractivity contribution in [2.75, 3.05) is 4.90 Å². The van der Waals surface area contributed by atoms with Crippen molar-refractivity contribution in [3.8, 4) is 11.1 Å². The zero-order valence-electron chi connectivity index (χ0n) is 30.8. The highest BCUT2D eigenvalue weighted by Gasteiger charge is 2.94. The minimum absolute atomic E-state index is 0.0452. The summed E-state index contributed by atoms with van der Waals surface area (Å²) in [6.07, 6.45) is 0. The van der Waals surface area contributed by atoms with E-state index in [1.165, 1.54) is 0 Å². The van der Waals surface area contributed by atoms with Gasteiger partial charge in [0.05, 0.1) is 27.4 Å². The second kappa shape index (κ2) is 16.0. The number of hydrogen-bond acceptors (Lipinski definition) is 4. The molecule has 6 aromatic carbocycles. The Morgan fingerprint density at radius 1 is 0.343 bits per heavy atom. The summed E-state index contributed by atoms with van der Waals surface area (Å²) in [5, 5.41) is 8.91. The lowest BCUT2D eigenvalue weighted by atomic mass is 9.66. The standard InChI is InChI=1S/C37H6F25N.BH3O3/c38-9-6-5-8(17(39)18(9)40)7-3-1-2-4-10(7)63-33(16-25(47)30(52)32(54)31(53)26(16)48,34(55,56)35(57,58)36(59,60)37(63,61)62)15-11-12(21(43)27(49)24(15)46)20(42)14-13(19(11)41)22(44)28(50)29(51)23(14)45;2-1(3)4/h1-6H;2-4H. The highest BCUT2D eigenvalue weighted by atomic mass is 19.4. The Bertz CT molecular complexity index is 3060. The number of rotatable bonds is 4. The van der Waals surface area contributed by atoms with E-state index < -0.39 is 196 Å². The number of para-hydroxylation sites is 1. The Morgan fingerprint density at radius 2 is 0.716 bits per heavy atom. The molecular formula is C37H9BF25NO3. The molecule has 1 heterocycles. The number of hydrogen-bond donors (Lipinski definition) is 3. The third-order valence-corrected chi connectivity index (χ3v) is 10.1. The zero-order valence-corrected chi connectivity index (χ0v) is 30.8. The van der Waals surface area contributed by atoms with Crippen LogP contribution >= 0.6 is 0 Å². The number of anilines is 1. The molecule has 0 radical (unpaired) electrons. The van der Waals surface area contributed by atoms with E-state index in [2.05, 4.69) is 0 Å². The van der Waals surface area contributed by atoms with E-state index >= 15 is 83.4 Å². The molecule has 7 rings (SSSR count). The fourth-order valence-corrected chi connectivity index (χ4v) is 7.37. The van der Waals surface area contributed by atoms with Crippen LogP contribution in [-0.2, 0) is 5.54 Å². The minimum Gasteiger partial charge on any atom is -0.402 e. The van der Waals surface area contributed by atoms with Crippen LogP contribution in [0.5, 0.6) is 0 Å². The summed E-state index contributed by atoms with van der Waals surface area (Å²) in [5.74, 6) is -83.5. The molecule has 1 aliphatic heterocycles. The van der Waals surface area contributed by atoms with E-state index in [4.69, 9.17) is 15.1 Å². The zero-order chi connectivity index (χ0) is 50.9. The molecule has 0 aromatic heterocycles. The van der Waals surface area contributed by atoms with E-state index in [1.807, 2.05) is 0 Å². The molecule has 0 amide bonds. The molecule has 4 nitrogen and oxygen atoms in total. The van der Waals surface area contributed by atoms with Gasteiger partial charge in [-0.3, -0.25) is 4.90 Å². The lowest BCUT2D eigenvalue weighted by Gasteiger charge is -2.60. The molecule has 1 fully saturated rings. The van der Waals surface area contributed by atoms with Crippen molar-refractivity contribution in [2.45, 2.75) is 29.4 Å². The van der Waals surface area contributed by atoms with Gasteiger partial charge in [-0.2, -0.15) is 35.1 Å². The Labute approximate surface area is 351 Å². The summed E-state index contributed by atoms with van der Waals surface area (Å²) >= 11 is 0. The number of halogens is 25. The number of nitrogens with zero attached hydrogens (tertiary/aromatic N) is 1. The maximum Gasteiger partial charge on any atom is 0.631 e. The third kappa shape index (κ3) is 6.33. The average molecular weight is 1000 g/mol. The summed E-state index contributed by atoms with van der Waals surface area (Å²) in [4.78, 5) is -2.70. The first-order valence-corrected chi connectivity index (χ1v) is 16.9. The van der Waals surface area contributed by atoms with E-state index in [0.717, 1.165) is 0 Å². The summed E-state index contributed by atoms with van der Waals surface area (Å²) in [5.41, 5.74) is -22.3. The third-order valence-electron chi connectivity index (χ3n) is 10.1. The normalized spacial score (nSPS) is 18.4. The number of benzene rings is 6. The van der Waals surface area contributed by atoms with Gasteiger partial charge in [0.15, 0.2) is 87.0 Å². The molecular weight excluding hydrogens is 992 g/mol. The van der Waals surface area contributed by atoms with Crippen molar-refractivity contribution < 1.29 is 125 Å². The van der Waals surface area contributed by atoms with Gasteiger partial charge in [0.1, 0.15) is 11.6 Å². The van der Waals surface area contributed by atoms with Gasteiger partial charge in [-0.05, 0) is 18.2 Å². The first-order valence-electron chi connectivity index (χ1n) is 16.9. The highest BCUT2D eigenvalue weighted by Crippen LogP contribution is 2.71. The first kappa shape index (κ1) is 50.3. The molecule has 30 heteroatoms. The topological polar surface area (TPSA) is 63.9 Å². The maximum absolute atomic E-state index is 17.3. The average Bonchev–Trinajstić information content (AvgIpc) is 3.24.